The van der Waals surface area contributed by atoms with Crippen molar-refractivity contribution in [1.29, 1.82) is 0 Å². The minimum atomic E-state index is -0.558. The third kappa shape index (κ3) is 9.04. The lowest BCUT2D eigenvalue weighted by molar-refractivity contribution is -0.154. The maximum Gasteiger partial charge on any atom is 0.325 e. The first-order valence-corrected chi connectivity index (χ1v) is 6.73. The number of esters is 1. The van der Waals surface area contributed by atoms with Crippen LogP contribution in [0.4, 0.5) is 0 Å². The summed E-state index contributed by atoms with van der Waals surface area (Å²) in [4.78, 5) is 33.7. The van der Waals surface area contributed by atoms with Gasteiger partial charge in [-0.3, -0.25) is 14.4 Å². The van der Waals surface area contributed by atoms with Crippen molar-refractivity contribution in [2.75, 3.05) is 12.3 Å². The number of thioether (sulfide) groups is 1. The van der Waals surface area contributed by atoms with Gasteiger partial charge in [0.05, 0.1) is 0 Å². The maximum absolute atomic E-state index is 11.6. The van der Waals surface area contributed by atoms with Crippen LogP contribution in [0.1, 0.15) is 34.6 Å². The van der Waals surface area contributed by atoms with Crippen LogP contribution in [0, 0.1) is 5.92 Å². The summed E-state index contributed by atoms with van der Waals surface area (Å²) in [5.74, 6) is -0.631. The SMILES string of the molecule is CC(=O)SCC(C)C(=O)NCC(=O)OC(C)(C)C. The molecule has 5 nitrogen and oxygen atoms in total. The van der Waals surface area contributed by atoms with E-state index < -0.39 is 11.6 Å². The van der Waals surface area contributed by atoms with Gasteiger partial charge in [0.2, 0.25) is 5.91 Å². The van der Waals surface area contributed by atoms with Gasteiger partial charge in [-0.1, -0.05) is 18.7 Å². The van der Waals surface area contributed by atoms with E-state index in [0.717, 1.165) is 11.8 Å². The molecule has 0 aliphatic heterocycles. The van der Waals surface area contributed by atoms with Gasteiger partial charge < -0.3 is 10.1 Å². The van der Waals surface area contributed by atoms with E-state index in [0.29, 0.717) is 5.75 Å². The number of nitrogens with one attached hydrogen (secondary N) is 1. The van der Waals surface area contributed by atoms with E-state index in [1.165, 1.54) is 6.92 Å². The van der Waals surface area contributed by atoms with E-state index in [-0.39, 0.29) is 23.5 Å². The van der Waals surface area contributed by atoms with Crippen LogP contribution in [0.25, 0.3) is 0 Å². The molecule has 0 heterocycles. The smallest absolute Gasteiger partial charge is 0.325 e. The van der Waals surface area contributed by atoms with Crippen molar-refractivity contribution < 1.29 is 19.1 Å². The molecule has 18 heavy (non-hydrogen) atoms. The summed E-state index contributed by atoms with van der Waals surface area (Å²) < 4.78 is 5.05. The molecular formula is C12H21NO4S. The number of carbonyl (C=O) groups is 3. The van der Waals surface area contributed by atoms with Crippen molar-refractivity contribution in [3.63, 3.8) is 0 Å². The zero-order valence-electron chi connectivity index (χ0n) is 11.5. The molecule has 0 rings (SSSR count). The van der Waals surface area contributed by atoms with Gasteiger partial charge >= 0.3 is 5.97 Å². The van der Waals surface area contributed by atoms with E-state index >= 15 is 0 Å². The average molecular weight is 275 g/mol. The van der Waals surface area contributed by atoms with E-state index in [1.54, 1.807) is 27.7 Å². The third-order valence-corrected chi connectivity index (χ3v) is 2.88. The minimum Gasteiger partial charge on any atom is -0.459 e. The summed E-state index contributed by atoms with van der Waals surface area (Å²) in [7, 11) is 0. The summed E-state index contributed by atoms with van der Waals surface area (Å²) in [6.45, 7) is 8.30. The molecule has 1 amide bonds. The van der Waals surface area contributed by atoms with E-state index in [2.05, 4.69) is 5.32 Å². The van der Waals surface area contributed by atoms with Crippen molar-refractivity contribution in [2.24, 2.45) is 5.92 Å². The molecule has 1 atom stereocenters. The second kappa shape index (κ2) is 7.41. The maximum atomic E-state index is 11.6. The molecule has 6 heteroatoms. The van der Waals surface area contributed by atoms with Crippen LogP contribution >= 0.6 is 11.8 Å². The topological polar surface area (TPSA) is 72.5 Å². The monoisotopic (exact) mass is 275 g/mol. The van der Waals surface area contributed by atoms with Crippen LogP contribution in [-0.4, -0.2) is 34.9 Å². The van der Waals surface area contributed by atoms with Crippen LogP contribution in [0.3, 0.4) is 0 Å². The van der Waals surface area contributed by atoms with Crippen molar-refractivity contribution in [1.82, 2.24) is 5.32 Å². The normalized spacial score (nSPS) is 12.7. The average Bonchev–Trinajstić information content (AvgIpc) is 2.19. The summed E-state index contributed by atoms with van der Waals surface area (Å²) >= 11 is 1.10. The first-order valence-electron chi connectivity index (χ1n) is 5.74. The lowest BCUT2D eigenvalue weighted by Gasteiger charge is -2.20. The summed E-state index contributed by atoms with van der Waals surface area (Å²) in [5.41, 5.74) is -0.558. The Hall–Kier alpha value is -1.04. The number of hydrogen-bond acceptors (Lipinski definition) is 5. The van der Waals surface area contributed by atoms with Gasteiger partial charge in [0.25, 0.3) is 0 Å². The highest BCUT2D eigenvalue weighted by Gasteiger charge is 2.18. The second-order valence-electron chi connectivity index (χ2n) is 5.01. The highest BCUT2D eigenvalue weighted by molar-refractivity contribution is 8.13. The third-order valence-electron chi connectivity index (χ3n) is 1.81. The van der Waals surface area contributed by atoms with Crippen LogP contribution in [-0.2, 0) is 19.1 Å². The van der Waals surface area contributed by atoms with Gasteiger partial charge in [-0.2, -0.15) is 0 Å². The number of ether oxygens (including phenoxy) is 1. The number of carbonyl (C=O) groups excluding carboxylic acids is 3. The predicted molar refractivity (Wildman–Crippen MR) is 71.2 cm³/mol. The molecule has 0 saturated carbocycles. The Kier molecular flexibility index (Phi) is 6.98. The summed E-state index contributed by atoms with van der Waals surface area (Å²) in [6, 6.07) is 0. The summed E-state index contributed by atoms with van der Waals surface area (Å²) in [5, 5.41) is 2.46. The summed E-state index contributed by atoms with van der Waals surface area (Å²) in [6.07, 6.45) is 0. The van der Waals surface area contributed by atoms with E-state index in [1.807, 2.05) is 0 Å². The van der Waals surface area contributed by atoms with Gasteiger partial charge in [0.15, 0.2) is 5.12 Å². The lowest BCUT2D eigenvalue weighted by Crippen LogP contribution is -2.37. The molecule has 0 radical (unpaired) electrons. The molecule has 0 aromatic heterocycles. The number of amides is 1. The molecule has 0 spiro atoms. The van der Waals surface area contributed by atoms with Crippen molar-refractivity contribution in [3.05, 3.63) is 0 Å². The molecule has 0 aromatic carbocycles. The molecule has 0 aliphatic rings. The Balaban J connectivity index is 3.95. The Morgan fingerprint density at radius 3 is 2.28 bits per heavy atom. The van der Waals surface area contributed by atoms with Crippen LogP contribution in [0.15, 0.2) is 0 Å². The molecule has 0 aromatic rings. The van der Waals surface area contributed by atoms with Crippen LogP contribution in [0.2, 0.25) is 0 Å². The fourth-order valence-corrected chi connectivity index (χ4v) is 1.67. The van der Waals surface area contributed by atoms with E-state index in [4.69, 9.17) is 4.74 Å². The molecule has 0 aliphatic carbocycles. The number of rotatable bonds is 5. The van der Waals surface area contributed by atoms with Crippen molar-refractivity contribution >= 4 is 28.8 Å². The van der Waals surface area contributed by atoms with Gasteiger partial charge in [-0.15, -0.1) is 0 Å². The number of hydrogen-bond donors (Lipinski definition) is 1. The first-order chi connectivity index (χ1) is 8.11. The first kappa shape index (κ1) is 17.0. The Bertz CT molecular complexity index is 323. The van der Waals surface area contributed by atoms with Gasteiger partial charge in [-0.25, -0.2) is 0 Å². The molecule has 0 bridgehead atoms. The van der Waals surface area contributed by atoms with Gasteiger partial charge in [-0.05, 0) is 20.8 Å². The molecule has 104 valence electrons. The molecule has 1 N–H and O–H groups in total. The van der Waals surface area contributed by atoms with Gasteiger partial charge in [0.1, 0.15) is 12.1 Å². The quantitative estimate of drug-likeness (QED) is 0.767. The fourth-order valence-electron chi connectivity index (χ4n) is 1.03. The highest BCUT2D eigenvalue weighted by atomic mass is 32.2. The predicted octanol–water partition coefficient (Wildman–Crippen LogP) is 1.36. The molecular weight excluding hydrogens is 254 g/mol. The second-order valence-corrected chi connectivity index (χ2v) is 6.20. The molecule has 1 unspecified atom stereocenters. The zero-order chi connectivity index (χ0) is 14.3. The van der Waals surface area contributed by atoms with Crippen LogP contribution in [0.5, 0.6) is 0 Å². The van der Waals surface area contributed by atoms with Crippen molar-refractivity contribution in [2.45, 2.75) is 40.2 Å². The highest BCUT2D eigenvalue weighted by Crippen LogP contribution is 2.09. The Morgan fingerprint density at radius 1 is 1.28 bits per heavy atom. The van der Waals surface area contributed by atoms with Crippen molar-refractivity contribution in [3.8, 4) is 0 Å². The standard InChI is InChI=1S/C12H21NO4S/c1-8(7-18-9(2)14)11(16)13-6-10(15)17-12(3,4)5/h8H,6-7H2,1-5H3,(H,13,16). The molecule has 0 saturated heterocycles. The van der Waals surface area contributed by atoms with Crippen LogP contribution < -0.4 is 5.32 Å². The Morgan fingerprint density at radius 2 is 1.83 bits per heavy atom. The largest absolute Gasteiger partial charge is 0.459 e. The lowest BCUT2D eigenvalue weighted by atomic mass is 10.2. The fraction of sp³-hybridized carbons (Fsp3) is 0.750. The van der Waals surface area contributed by atoms with E-state index in [9.17, 15) is 14.4 Å². The molecule has 0 fully saturated rings. The van der Waals surface area contributed by atoms with Gasteiger partial charge in [0, 0.05) is 18.6 Å². The Labute approximate surface area is 112 Å². The minimum absolute atomic E-state index is 0.0261. The zero-order valence-corrected chi connectivity index (χ0v) is 12.3.